The van der Waals surface area contributed by atoms with E-state index in [1.165, 1.54) is 25.7 Å². The number of nitrogens with zero attached hydrogens (tertiary/aromatic N) is 2. The molecule has 1 heterocycles. The summed E-state index contributed by atoms with van der Waals surface area (Å²) in [6, 6.07) is 1.81. The molecular weight excluding hydrogens is 254 g/mol. The van der Waals surface area contributed by atoms with Gasteiger partial charge in [-0.15, -0.1) is 0 Å². The summed E-state index contributed by atoms with van der Waals surface area (Å²) >= 11 is 0. The third-order valence-electron chi connectivity index (χ3n) is 3.46. The Hall–Kier alpha value is -1.40. The maximum absolute atomic E-state index is 5.81. The molecule has 0 saturated heterocycles. The fourth-order valence-electron chi connectivity index (χ4n) is 2.46. The zero-order valence-electron chi connectivity index (χ0n) is 12.2. The van der Waals surface area contributed by atoms with Crippen LogP contribution in [0.4, 0.5) is 11.6 Å². The molecule has 0 amide bonds. The van der Waals surface area contributed by atoms with Crippen molar-refractivity contribution < 1.29 is 4.74 Å². The van der Waals surface area contributed by atoms with Crippen molar-refractivity contribution in [1.29, 1.82) is 0 Å². The molecule has 1 aromatic rings. The van der Waals surface area contributed by atoms with Gasteiger partial charge in [-0.25, -0.2) is 15.8 Å². The van der Waals surface area contributed by atoms with Gasteiger partial charge in [-0.3, -0.25) is 0 Å². The summed E-state index contributed by atoms with van der Waals surface area (Å²) in [5.41, 5.74) is 2.58. The van der Waals surface area contributed by atoms with E-state index in [2.05, 4.69) is 27.6 Å². The third kappa shape index (κ3) is 4.61. The second-order valence-electron chi connectivity index (χ2n) is 5.15. The van der Waals surface area contributed by atoms with Crippen LogP contribution in [0.5, 0.6) is 0 Å². The molecule has 6 heteroatoms. The monoisotopic (exact) mass is 279 g/mol. The van der Waals surface area contributed by atoms with Crippen LogP contribution in [0, 0.1) is 0 Å². The highest BCUT2D eigenvalue weighted by atomic mass is 16.5. The summed E-state index contributed by atoms with van der Waals surface area (Å²) < 4.78 is 5.81. The molecule has 4 N–H and O–H groups in total. The van der Waals surface area contributed by atoms with Crippen molar-refractivity contribution in [3.8, 4) is 0 Å². The minimum atomic E-state index is 0.458. The van der Waals surface area contributed by atoms with E-state index in [4.69, 9.17) is 10.6 Å². The number of aryl methyl sites for hydroxylation is 1. The molecule has 0 aromatic carbocycles. The molecule has 1 saturated carbocycles. The van der Waals surface area contributed by atoms with Crippen molar-refractivity contribution in [2.75, 3.05) is 23.9 Å². The quantitative estimate of drug-likeness (QED) is 0.384. The van der Waals surface area contributed by atoms with Crippen molar-refractivity contribution in [3.05, 3.63) is 11.9 Å². The van der Waals surface area contributed by atoms with Crippen molar-refractivity contribution in [1.82, 2.24) is 9.97 Å². The van der Waals surface area contributed by atoms with Crippen LogP contribution in [0.15, 0.2) is 6.07 Å². The Kier molecular flexibility index (Phi) is 6.01. The van der Waals surface area contributed by atoms with Crippen LogP contribution in [-0.4, -0.2) is 29.2 Å². The van der Waals surface area contributed by atoms with E-state index < -0.39 is 0 Å². The zero-order valence-corrected chi connectivity index (χ0v) is 12.2. The molecule has 0 unspecified atom stereocenters. The topological polar surface area (TPSA) is 85.1 Å². The first-order chi connectivity index (χ1) is 9.81. The zero-order chi connectivity index (χ0) is 14.2. The van der Waals surface area contributed by atoms with Crippen LogP contribution in [0.1, 0.15) is 44.9 Å². The van der Waals surface area contributed by atoms with Gasteiger partial charge in [0.2, 0.25) is 0 Å². The Labute approximate surface area is 120 Å². The van der Waals surface area contributed by atoms with Gasteiger partial charge in [0.25, 0.3) is 0 Å². The molecule has 0 atom stereocenters. The molecule has 0 spiro atoms. The number of hydrogen-bond acceptors (Lipinski definition) is 6. The lowest BCUT2D eigenvalue weighted by Crippen LogP contribution is -2.17. The summed E-state index contributed by atoms with van der Waals surface area (Å²) in [7, 11) is 0. The average molecular weight is 279 g/mol. The van der Waals surface area contributed by atoms with Gasteiger partial charge in [0.05, 0.1) is 12.7 Å². The first-order valence-corrected chi connectivity index (χ1v) is 7.52. The number of hydrogen-bond donors (Lipinski definition) is 3. The SMILES string of the molecule is CCCc1nc(NN)cc(NCCOC2CCCC2)n1. The van der Waals surface area contributed by atoms with Gasteiger partial charge in [-0.2, -0.15) is 0 Å². The lowest BCUT2D eigenvalue weighted by Gasteiger charge is -2.12. The lowest BCUT2D eigenvalue weighted by atomic mass is 10.3. The van der Waals surface area contributed by atoms with Crippen LogP contribution < -0.4 is 16.6 Å². The van der Waals surface area contributed by atoms with E-state index in [0.29, 0.717) is 18.5 Å². The summed E-state index contributed by atoms with van der Waals surface area (Å²) in [5, 5.41) is 3.27. The maximum Gasteiger partial charge on any atom is 0.145 e. The molecule has 2 rings (SSSR count). The number of hydrazine groups is 1. The normalized spacial score (nSPS) is 15.5. The first-order valence-electron chi connectivity index (χ1n) is 7.52. The average Bonchev–Trinajstić information content (AvgIpc) is 2.97. The number of nitrogens with one attached hydrogen (secondary N) is 2. The molecule has 1 fully saturated rings. The molecule has 1 aliphatic carbocycles. The lowest BCUT2D eigenvalue weighted by molar-refractivity contribution is 0.0658. The molecule has 112 valence electrons. The summed E-state index contributed by atoms with van der Waals surface area (Å²) in [6.45, 7) is 3.57. The van der Waals surface area contributed by atoms with Gasteiger partial charge in [0, 0.05) is 19.0 Å². The number of aromatic nitrogens is 2. The van der Waals surface area contributed by atoms with Crippen LogP contribution >= 0.6 is 0 Å². The van der Waals surface area contributed by atoms with Crippen molar-refractivity contribution in [2.45, 2.75) is 51.6 Å². The third-order valence-corrected chi connectivity index (χ3v) is 3.46. The second kappa shape index (κ2) is 8.01. The standard InChI is InChI=1S/C14H25N5O/c1-2-5-12-17-13(10-14(18-12)19-15)16-8-9-20-11-6-3-4-7-11/h10-11H,2-9,15H2,1H3,(H2,16,17,18,19). The van der Waals surface area contributed by atoms with Gasteiger partial charge in [0.1, 0.15) is 17.5 Å². The fourth-order valence-corrected chi connectivity index (χ4v) is 2.46. The molecule has 1 aromatic heterocycles. The van der Waals surface area contributed by atoms with Crippen LogP contribution in [0.25, 0.3) is 0 Å². The number of anilines is 2. The molecule has 0 aliphatic heterocycles. The minimum Gasteiger partial charge on any atom is -0.376 e. The van der Waals surface area contributed by atoms with Gasteiger partial charge >= 0.3 is 0 Å². The van der Waals surface area contributed by atoms with E-state index in [1.807, 2.05) is 6.07 Å². The van der Waals surface area contributed by atoms with Gasteiger partial charge in [-0.1, -0.05) is 19.8 Å². The number of nitrogens with two attached hydrogens (primary N) is 1. The largest absolute Gasteiger partial charge is 0.376 e. The molecular formula is C14H25N5O. The van der Waals surface area contributed by atoms with Crippen LogP contribution in [0.3, 0.4) is 0 Å². The van der Waals surface area contributed by atoms with E-state index in [9.17, 15) is 0 Å². The summed E-state index contributed by atoms with van der Waals surface area (Å²) in [4.78, 5) is 8.78. The highest BCUT2D eigenvalue weighted by Crippen LogP contribution is 2.20. The van der Waals surface area contributed by atoms with E-state index in [0.717, 1.165) is 31.0 Å². The van der Waals surface area contributed by atoms with E-state index in [1.54, 1.807) is 0 Å². The Morgan fingerprint density at radius 3 is 2.75 bits per heavy atom. The Bertz CT molecular complexity index is 407. The number of rotatable bonds is 8. The molecule has 20 heavy (non-hydrogen) atoms. The first kappa shape index (κ1) is 15.0. The summed E-state index contributed by atoms with van der Waals surface area (Å²) in [5.74, 6) is 7.68. The van der Waals surface area contributed by atoms with Crippen molar-refractivity contribution >= 4 is 11.6 Å². The van der Waals surface area contributed by atoms with Gasteiger partial charge < -0.3 is 15.5 Å². The van der Waals surface area contributed by atoms with Gasteiger partial charge in [-0.05, 0) is 19.3 Å². The Balaban J connectivity index is 1.79. The van der Waals surface area contributed by atoms with Crippen LogP contribution in [-0.2, 0) is 11.2 Å². The Morgan fingerprint density at radius 2 is 2.05 bits per heavy atom. The molecule has 1 aliphatic rings. The predicted molar refractivity (Wildman–Crippen MR) is 80.5 cm³/mol. The van der Waals surface area contributed by atoms with Crippen molar-refractivity contribution in [2.24, 2.45) is 5.84 Å². The smallest absolute Gasteiger partial charge is 0.145 e. The highest BCUT2D eigenvalue weighted by Gasteiger charge is 2.14. The fraction of sp³-hybridized carbons (Fsp3) is 0.714. The van der Waals surface area contributed by atoms with Crippen LogP contribution in [0.2, 0.25) is 0 Å². The molecule has 0 radical (unpaired) electrons. The van der Waals surface area contributed by atoms with E-state index >= 15 is 0 Å². The molecule has 0 bridgehead atoms. The number of nitrogen functional groups attached to an aromatic ring is 1. The second-order valence-corrected chi connectivity index (χ2v) is 5.15. The Morgan fingerprint density at radius 1 is 1.30 bits per heavy atom. The number of ether oxygens (including phenoxy) is 1. The predicted octanol–water partition coefficient (Wildman–Crippen LogP) is 2.09. The minimum absolute atomic E-state index is 0.458. The summed E-state index contributed by atoms with van der Waals surface area (Å²) in [6.07, 6.45) is 7.33. The maximum atomic E-state index is 5.81. The van der Waals surface area contributed by atoms with E-state index in [-0.39, 0.29) is 0 Å². The molecule has 6 nitrogen and oxygen atoms in total. The van der Waals surface area contributed by atoms with Gasteiger partial charge in [0.15, 0.2) is 0 Å². The highest BCUT2D eigenvalue weighted by molar-refractivity contribution is 5.46. The van der Waals surface area contributed by atoms with Crippen molar-refractivity contribution in [3.63, 3.8) is 0 Å².